The van der Waals surface area contributed by atoms with E-state index in [1.165, 1.54) is 19.3 Å². The number of nitrogens with zero attached hydrogens (tertiary/aromatic N) is 3. The summed E-state index contributed by atoms with van der Waals surface area (Å²) in [5, 5.41) is 6.84. The lowest BCUT2D eigenvalue weighted by molar-refractivity contribution is 0.102. The van der Waals surface area contributed by atoms with Gasteiger partial charge in [-0.2, -0.15) is 4.98 Å². The summed E-state index contributed by atoms with van der Waals surface area (Å²) >= 11 is 0. The molecule has 0 aliphatic heterocycles. The Labute approximate surface area is 151 Å². The van der Waals surface area contributed by atoms with Crippen LogP contribution in [0.15, 0.2) is 47.1 Å². The van der Waals surface area contributed by atoms with Gasteiger partial charge in [-0.15, -0.1) is 0 Å². The molecule has 1 aromatic carbocycles. The third kappa shape index (κ3) is 3.35. The average molecular weight is 348 g/mol. The molecule has 1 fully saturated rings. The Balaban J connectivity index is 1.48. The third-order valence-corrected chi connectivity index (χ3v) is 4.72. The highest BCUT2D eigenvalue weighted by Gasteiger charge is 2.20. The molecule has 0 unspecified atom stereocenters. The summed E-state index contributed by atoms with van der Waals surface area (Å²) in [6.07, 6.45) is 6.10. The second-order valence-corrected chi connectivity index (χ2v) is 6.50. The second-order valence-electron chi connectivity index (χ2n) is 6.50. The third-order valence-electron chi connectivity index (χ3n) is 4.72. The van der Waals surface area contributed by atoms with Gasteiger partial charge in [-0.1, -0.05) is 30.6 Å². The normalized spacial score (nSPS) is 14.0. The maximum atomic E-state index is 12.5. The first kappa shape index (κ1) is 16.4. The van der Waals surface area contributed by atoms with Crippen molar-refractivity contribution >= 4 is 11.6 Å². The van der Waals surface area contributed by atoms with Gasteiger partial charge in [0, 0.05) is 29.2 Å². The molecule has 2 aromatic heterocycles. The number of amides is 1. The Kier molecular flexibility index (Phi) is 4.48. The van der Waals surface area contributed by atoms with Crippen LogP contribution in [0.1, 0.15) is 54.0 Å². The molecule has 2 heterocycles. The SMILES string of the molecule is CCc1nc(-c2cccc(C(=O)Nc3ccc(C4CCC4)nc3)c2)no1. The van der Waals surface area contributed by atoms with Crippen LogP contribution in [0.25, 0.3) is 11.4 Å². The van der Waals surface area contributed by atoms with Crippen molar-refractivity contribution in [2.45, 2.75) is 38.5 Å². The highest BCUT2D eigenvalue weighted by molar-refractivity contribution is 6.04. The summed E-state index contributed by atoms with van der Waals surface area (Å²) in [5.41, 5.74) is 3.09. The molecule has 1 N–H and O–H groups in total. The van der Waals surface area contributed by atoms with Crippen LogP contribution in [0, 0.1) is 0 Å². The van der Waals surface area contributed by atoms with Crippen LogP contribution >= 0.6 is 0 Å². The number of hydrogen-bond donors (Lipinski definition) is 1. The van der Waals surface area contributed by atoms with Crippen LogP contribution in [0.2, 0.25) is 0 Å². The van der Waals surface area contributed by atoms with Crippen LogP contribution in [0.4, 0.5) is 5.69 Å². The molecule has 6 heteroatoms. The van der Waals surface area contributed by atoms with E-state index in [-0.39, 0.29) is 5.91 Å². The van der Waals surface area contributed by atoms with E-state index in [0.717, 1.165) is 11.3 Å². The number of carbonyl (C=O) groups excluding carboxylic acids is 1. The quantitative estimate of drug-likeness (QED) is 0.747. The van der Waals surface area contributed by atoms with E-state index in [1.807, 2.05) is 31.2 Å². The minimum absolute atomic E-state index is 0.191. The second kappa shape index (κ2) is 7.07. The maximum Gasteiger partial charge on any atom is 0.255 e. The number of nitrogens with one attached hydrogen (secondary N) is 1. The Morgan fingerprint density at radius 1 is 1.27 bits per heavy atom. The van der Waals surface area contributed by atoms with E-state index in [2.05, 4.69) is 20.4 Å². The van der Waals surface area contributed by atoms with E-state index < -0.39 is 0 Å². The fraction of sp³-hybridized carbons (Fsp3) is 0.300. The van der Waals surface area contributed by atoms with Crippen molar-refractivity contribution < 1.29 is 9.32 Å². The van der Waals surface area contributed by atoms with Crippen molar-refractivity contribution in [2.24, 2.45) is 0 Å². The number of anilines is 1. The fourth-order valence-corrected chi connectivity index (χ4v) is 2.94. The molecule has 0 radical (unpaired) electrons. The molecule has 6 nitrogen and oxygen atoms in total. The molecule has 4 rings (SSSR count). The number of benzene rings is 1. The van der Waals surface area contributed by atoms with E-state index in [9.17, 15) is 4.79 Å². The van der Waals surface area contributed by atoms with E-state index in [1.54, 1.807) is 18.3 Å². The van der Waals surface area contributed by atoms with Gasteiger partial charge in [-0.3, -0.25) is 9.78 Å². The van der Waals surface area contributed by atoms with Crippen LogP contribution in [0.5, 0.6) is 0 Å². The lowest BCUT2D eigenvalue weighted by Crippen LogP contribution is -2.13. The van der Waals surface area contributed by atoms with Crippen LogP contribution in [0.3, 0.4) is 0 Å². The van der Waals surface area contributed by atoms with Gasteiger partial charge in [0.05, 0.1) is 11.9 Å². The van der Waals surface area contributed by atoms with Crippen LogP contribution in [-0.4, -0.2) is 21.0 Å². The Morgan fingerprint density at radius 2 is 2.15 bits per heavy atom. The molecule has 0 saturated heterocycles. The summed E-state index contributed by atoms with van der Waals surface area (Å²) in [7, 11) is 0. The molecule has 1 saturated carbocycles. The van der Waals surface area contributed by atoms with Crippen molar-refractivity contribution in [2.75, 3.05) is 5.32 Å². The molecular weight excluding hydrogens is 328 g/mol. The fourth-order valence-electron chi connectivity index (χ4n) is 2.94. The molecule has 132 valence electrons. The summed E-state index contributed by atoms with van der Waals surface area (Å²) in [5.74, 6) is 1.46. The molecule has 3 aromatic rings. The average Bonchev–Trinajstić information content (AvgIpc) is 3.11. The van der Waals surface area contributed by atoms with Crippen LogP contribution < -0.4 is 5.32 Å². The zero-order chi connectivity index (χ0) is 17.9. The molecule has 0 atom stereocenters. The van der Waals surface area contributed by atoms with E-state index in [0.29, 0.717) is 35.3 Å². The highest BCUT2D eigenvalue weighted by Crippen LogP contribution is 2.35. The van der Waals surface area contributed by atoms with E-state index in [4.69, 9.17) is 4.52 Å². The lowest BCUT2D eigenvalue weighted by Gasteiger charge is -2.24. The summed E-state index contributed by atoms with van der Waals surface area (Å²) in [6.45, 7) is 1.95. The molecule has 1 amide bonds. The van der Waals surface area contributed by atoms with Crippen molar-refractivity contribution in [3.05, 3.63) is 59.7 Å². The first-order valence-corrected chi connectivity index (χ1v) is 8.93. The van der Waals surface area contributed by atoms with Gasteiger partial charge in [0.1, 0.15) is 0 Å². The molecular formula is C20H20N4O2. The number of rotatable bonds is 5. The van der Waals surface area contributed by atoms with Crippen molar-refractivity contribution in [1.29, 1.82) is 0 Å². The largest absolute Gasteiger partial charge is 0.339 e. The number of carbonyl (C=O) groups is 1. The van der Waals surface area contributed by atoms with Gasteiger partial charge in [-0.05, 0) is 37.1 Å². The predicted molar refractivity (Wildman–Crippen MR) is 97.9 cm³/mol. The summed E-state index contributed by atoms with van der Waals surface area (Å²) < 4.78 is 5.14. The molecule has 1 aliphatic carbocycles. The number of aryl methyl sites for hydroxylation is 1. The Bertz CT molecular complexity index is 914. The van der Waals surface area contributed by atoms with Gasteiger partial charge in [-0.25, -0.2) is 0 Å². The first-order chi connectivity index (χ1) is 12.7. The van der Waals surface area contributed by atoms with Crippen LogP contribution in [-0.2, 0) is 6.42 Å². The summed E-state index contributed by atoms with van der Waals surface area (Å²) in [4.78, 5) is 21.3. The number of pyridine rings is 1. The minimum Gasteiger partial charge on any atom is -0.339 e. The molecule has 0 spiro atoms. The van der Waals surface area contributed by atoms with Crippen molar-refractivity contribution in [1.82, 2.24) is 15.1 Å². The smallest absolute Gasteiger partial charge is 0.255 e. The number of aromatic nitrogens is 3. The highest BCUT2D eigenvalue weighted by atomic mass is 16.5. The van der Waals surface area contributed by atoms with Gasteiger partial charge in [0.2, 0.25) is 11.7 Å². The first-order valence-electron chi connectivity index (χ1n) is 8.93. The van der Waals surface area contributed by atoms with Gasteiger partial charge in [0.15, 0.2) is 0 Å². The van der Waals surface area contributed by atoms with Gasteiger partial charge in [0.25, 0.3) is 5.91 Å². The number of hydrogen-bond acceptors (Lipinski definition) is 5. The zero-order valence-electron chi connectivity index (χ0n) is 14.6. The molecule has 26 heavy (non-hydrogen) atoms. The Morgan fingerprint density at radius 3 is 2.81 bits per heavy atom. The topological polar surface area (TPSA) is 80.9 Å². The van der Waals surface area contributed by atoms with Crippen molar-refractivity contribution in [3.63, 3.8) is 0 Å². The molecule has 1 aliphatic rings. The lowest BCUT2D eigenvalue weighted by atomic mass is 9.83. The minimum atomic E-state index is -0.191. The van der Waals surface area contributed by atoms with E-state index >= 15 is 0 Å². The monoisotopic (exact) mass is 348 g/mol. The van der Waals surface area contributed by atoms with Crippen molar-refractivity contribution in [3.8, 4) is 11.4 Å². The molecule has 0 bridgehead atoms. The standard InChI is InChI=1S/C20H20N4O2/c1-2-18-23-19(24-26-18)14-7-4-8-15(11-14)20(25)22-16-9-10-17(21-12-16)13-5-3-6-13/h4,7-13H,2-3,5-6H2,1H3,(H,22,25). The zero-order valence-corrected chi connectivity index (χ0v) is 14.6. The summed E-state index contributed by atoms with van der Waals surface area (Å²) in [6, 6.07) is 11.1. The predicted octanol–water partition coefficient (Wildman–Crippen LogP) is 4.21. The van der Waals surface area contributed by atoms with Gasteiger partial charge >= 0.3 is 0 Å². The Hall–Kier alpha value is -3.02. The van der Waals surface area contributed by atoms with Gasteiger partial charge < -0.3 is 9.84 Å². The maximum absolute atomic E-state index is 12.5.